The van der Waals surface area contributed by atoms with Gasteiger partial charge in [-0.15, -0.1) is 0 Å². The van der Waals surface area contributed by atoms with E-state index in [0.29, 0.717) is 6.42 Å². The quantitative estimate of drug-likeness (QED) is 0.308. The Bertz CT molecular complexity index is 77.4. The monoisotopic (exact) mass is 124 g/mol. The Hall–Kier alpha value is 0.340. The van der Waals surface area contributed by atoms with Gasteiger partial charge in [0.1, 0.15) is 12.6 Å². The molecule has 0 amide bonds. The van der Waals surface area contributed by atoms with Crippen molar-refractivity contribution < 1.29 is 40.6 Å². The Labute approximate surface area is 72.4 Å². The zero-order valence-electron chi connectivity index (χ0n) is 6.26. The Morgan fingerprint density at radius 1 is 1.62 bits per heavy atom. The number of aldehydes is 2. The van der Waals surface area contributed by atoms with E-state index >= 15 is 0 Å². The van der Waals surface area contributed by atoms with Gasteiger partial charge in [0.2, 0.25) is 0 Å². The first-order valence-electron chi connectivity index (χ1n) is 2.20. The van der Waals surface area contributed by atoms with Gasteiger partial charge in [-0.2, -0.15) is 0 Å². The van der Waals surface area contributed by atoms with E-state index in [9.17, 15) is 9.59 Å². The fourth-order valence-electron chi connectivity index (χ4n) is 0.207. The van der Waals surface area contributed by atoms with Gasteiger partial charge in [0, 0.05) is 12.3 Å². The van der Waals surface area contributed by atoms with Crippen molar-refractivity contribution in [1.82, 2.24) is 0 Å². The molecular weight excluding hydrogens is 115 g/mol. The van der Waals surface area contributed by atoms with Crippen molar-refractivity contribution in [3.05, 3.63) is 0 Å². The zero-order chi connectivity index (χ0) is 5.70. The fraction of sp³-hybridized carbons (Fsp3) is 0.600. The smallest absolute Gasteiger partial charge is 1.00 e. The molecule has 0 radical (unpaired) electrons. The van der Waals surface area contributed by atoms with Crippen LogP contribution < -0.4 is 29.6 Å². The van der Waals surface area contributed by atoms with Crippen LogP contribution in [-0.4, -0.2) is 12.6 Å². The molecule has 0 fully saturated rings. The predicted octanol–water partition coefficient (Wildman–Crippen LogP) is -2.47. The molecule has 0 aromatic rings. The summed E-state index contributed by atoms with van der Waals surface area (Å²) in [6.45, 7) is 1.71. The molecule has 0 bridgehead atoms. The van der Waals surface area contributed by atoms with Gasteiger partial charge in [-0.1, -0.05) is 6.92 Å². The second kappa shape index (κ2) is 7.34. The van der Waals surface area contributed by atoms with E-state index in [0.717, 1.165) is 12.6 Å². The van der Waals surface area contributed by atoms with Gasteiger partial charge in [0.15, 0.2) is 0 Å². The van der Waals surface area contributed by atoms with Gasteiger partial charge in [-0.3, -0.25) is 0 Å². The molecule has 0 saturated heterocycles. The fourth-order valence-corrected chi connectivity index (χ4v) is 0.207. The summed E-state index contributed by atoms with van der Waals surface area (Å²) in [5.41, 5.74) is 0. The Balaban J connectivity index is -0.000000180. The Morgan fingerprint density at radius 3 is 2.25 bits per heavy atom. The standard InChI is InChI=1S/C5H8O2.Na.H/c1-5(4-7)2-3-6;;/h3-5H,2H2,1H3;;/q;+1;-1. The first-order valence-corrected chi connectivity index (χ1v) is 2.20. The number of rotatable bonds is 3. The van der Waals surface area contributed by atoms with Crippen molar-refractivity contribution in [3.8, 4) is 0 Å². The van der Waals surface area contributed by atoms with Gasteiger partial charge >= 0.3 is 29.6 Å². The summed E-state index contributed by atoms with van der Waals surface area (Å²) in [4.78, 5) is 19.4. The van der Waals surface area contributed by atoms with Crippen LogP contribution in [0.4, 0.5) is 0 Å². The van der Waals surface area contributed by atoms with Gasteiger partial charge in [0.05, 0.1) is 0 Å². The van der Waals surface area contributed by atoms with Crippen LogP contribution in [0.15, 0.2) is 0 Å². The minimum absolute atomic E-state index is 0. The minimum atomic E-state index is -0.0995. The summed E-state index contributed by atoms with van der Waals surface area (Å²) in [6, 6.07) is 0. The number of hydrogen-bond donors (Lipinski definition) is 0. The maximum atomic E-state index is 9.74. The van der Waals surface area contributed by atoms with E-state index in [1.54, 1.807) is 6.92 Å². The zero-order valence-corrected chi connectivity index (χ0v) is 7.26. The molecular formula is C5H9NaO2. The van der Waals surface area contributed by atoms with E-state index in [-0.39, 0.29) is 36.9 Å². The van der Waals surface area contributed by atoms with Crippen LogP contribution in [0.1, 0.15) is 14.8 Å². The summed E-state index contributed by atoms with van der Waals surface area (Å²) >= 11 is 0. The van der Waals surface area contributed by atoms with Crippen LogP contribution in [-0.2, 0) is 9.59 Å². The molecule has 2 nitrogen and oxygen atoms in total. The van der Waals surface area contributed by atoms with E-state index in [4.69, 9.17) is 0 Å². The SMILES string of the molecule is CC(C=O)CC=O.[H-].[Na+]. The van der Waals surface area contributed by atoms with Crippen LogP contribution in [0, 0.1) is 5.92 Å². The topological polar surface area (TPSA) is 34.1 Å². The van der Waals surface area contributed by atoms with E-state index in [1.807, 2.05) is 0 Å². The van der Waals surface area contributed by atoms with Crippen molar-refractivity contribution in [2.75, 3.05) is 0 Å². The normalized spacial score (nSPS) is 11.1. The molecule has 0 aromatic heterocycles. The third-order valence-corrected chi connectivity index (χ3v) is 0.700. The van der Waals surface area contributed by atoms with Gasteiger partial charge in [0.25, 0.3) is 0 Å². The summed E-state index contributed by atoms with van der Waals surface area (Å²) in [6.07, 6.45) is 1.87. The largest absolute Gasteiger partial charge is 1.00 e. The summed E-state index contributed by atoms with van der Waals surface area (Å²) < 4.78 is 0. The van der Waals surface area contributed by atoms with Crippen LogP contribution >= 0.6 is 0 Å². The summed E-state index contributed by atoms with van der Waals surface area (Å²) in [5.74, 6) is -0.0995. The minimum Gasteiger partial charge on any atom is -1.00 e. The Morgan fingerprint density at radius 2 is 2.12 bits per heavy atom. The van der Waals surface area contributed by atoms with Gasteiger partial charge < -0.3 is 11.0 Å². The van der Waals surface area contributed by atoms with Crippen molar-refractivity contribution in [3.63, 3.8) is 0 Å². The maximum absolute atomic E-state index is 9.74. The molecule has 0 saturated carbocycles. The third-order valence-electron chi connectivity index (χ3n) is 0.700. The van der Waals surface area contributed by atoms with Crippen molar-refractivity contribution in [1.29, 1.82) is 0 Å². The van der Waals surface area contributed by atoms with E-state index in [2.05, 4.69) is 0 Å². The van der Waals surface area contributed by atoms with Crippen molar-refractivity contribution in [2.45, 2.75) is 13.3 Å². The van der Waals surface area contributed by atoms with Crippen LogP contribution in [0.25, 0.3) is 0 Å². The van der Waals surface area contributed by atoms with Crippen molar-refractivity contribution >= 4 is 12.6 Å². The average Bonchev–Trinajstić information content (AvgIpc) is 1.68. The molecule has 1 unspecified atom stereocenters. The van der Waals surface area contributed by atoms with Crippen LogP contribution in [0.2, 0.25) is 0 Å². The number of carbonyl (C=O) groups excluding carboxylic acids is 2. The number of carbonyl (C=O) groups is 2. The van der Waals surface area contributed by atoms with Crippen LogP contribution in [0.5, 0.6) is 0 Å². The summed E-state index contributed by atoms with van der Waals surface area (Å²) in [5, 5.41) is 0. The molecule has 0 spiro atoms. The molecule has 0 rings (SSSR count). The predicted molar refractivity (Wildman–Crippen MR) is 27.0 cm³/mol. The molecule has 0 heterocycles. The molecule has 0 aliphatic rings. The first kappa shape index (κ1) is 11.2. The maximum Gasteiger partial charge on any atom is 1.00 e. The first-order chi connectivity index (χ1) is 3.31. The van der Waals surface area contributed by atoms with Crippen molar-refractivity contribution in [2.24, 2.45) is 5.92 Å². The molecule has 8 heavy (non-hydrogen) atoms. The molecule has 1 atom stereocenters. The molecule has 3 heteroatoms. The van der Waals surface area contributed by atoms with Gasteiger partial charge in [-0.25, -0.2) is 0 Å². The van der Waals surface area contributed by atoms with E-state index in [1.165, 1.54) is 0 Å². The second-order valence-electron chi connectivity index (χ2n) is 1.52. The molecule has 0 N–H and O–H groups in total. The Kier molecular flexibility index (Phi) is 10.3. The van der Waals surface area contributed by atoms with E-state index < -0.39 is 0 Å². The van der Waals surface area contributed by atoms with Crippen LogP contribution in [0.3, 0.4) is 0 Å². The molecule has 0 aliphatic carbocycles. The average molecular weight is 124 g/mol. The summed E-state index contributed by atoms with van der Waals surface area (Å²) in [7, 11) is 0. The molecule has 42 valence electrons. The third kappa shape index (κ3) is 6.34. The molecule has 0 aromatic carbocycles. The molecule has 0 aliphatic heterocycles. The van der Waals surface area contributed by atoms with Gasteiger partial charge in [-0.05, 0) is 0 Å². The number of hydrogen-bond acceptors (Lipinski definition) is 2. The second-order valence-corrected chi connectivity index (χ2v) is 1.52.